The Morgan fingerprint density at radius 3 is 2.56 bits per heavy atom. The molecule has 1 unspecified atom stereocenters. The predicted octanol–water partition coefficient (Wildman–Crippen LogP) is 4.17. The summed E-state index contributed by atoms with van der Waals surface area (Å²) in [5.41, 5.74) is 1.73. The van der Waals surface area contributed by atoms with Gasteiger partial charge in [0.1, 0.15) is 0 Å². The van der Waals surface area contributed by atoms with Gasteiger partial charge in [-0.1, -0.05) is 20.8 Å². The van der Waals surface area contributed by atoms with Crippen LogP contribution in [0, 0.1) is 17.2 Å². The summed E-state index contributed by atoms with van der Waals surface area (Å²) >= 11 is 3.48. The standard InChI is InChI=1S/C13H17BrN2/c1-4-12(9(2)3)16-13-6-5-10(8-15)7-11(13)14/h5-7,9,12,16H,4H2,1-3H3. The van der Waals surface area contributed by atoms with E-state index in [-0.39, 0.29) is 0 Å². The van der Waals surface area contributed by atoms with Crippen LogP contribution in [0.2, 0.25) is 0 Å². The number of nitrogens with zero attached hydrogens (tertiary/aromatic N) is 1. The molecule has 1 rings (SSSR count). The van der Waals surface area contributed by atoms with E-state index < -0.39 is 0 Å². The van der Waals surface area contributed by atoms with Crippen LogP contribution < -0.4 is 5.32 Å². The van der Waals surface area contributed by atoms with Gasteiger partial charge in [0.05, 0.1) is 11.6 Å². The van der Waals surface area contributed by atoms with Crippen molar-refractivity contribution in [3.05, 3.63) is 28.2 Å². The fourth-order valence-corrected chi connectivity index (χ4v) is 2.13. The maximum absolute atomic E-state index is 8.78. The van der Waals surface area contributed by atoms with Crippen LogP contribution in [-0.2, 0) is 0 Å². The van der Waals surface area contributed by atoms with Gasteiger partial charge >= 0.3 is 0 Å². The number of hydrogen-bond donors (Lipinski definition) is 1. The predicted molar refractivity (Wildman–Crippen MR) is 71.4 cm³/mol. The molecule has 1 aromatic carbocycles. The number of hydrogen-bond acceptors (Lipinski definition) is 2. The Morgan fingerprint density at radius 2 is 2.12 bits per heavy atom. The molecule has 16 heavy (non-hydrogen) atoms. The van der Waals surface area contributed by atoms with Gasteiger partial charge in [-0.05, 0) is 46.5 Å². The third-order valence-corrected chi connectivity index (χ3v) is 3.34. The lowest BCUT2D eigenvalue weighted by Gasteiger charge is -2.22. The summed E-state index contributed by atoms with van der Waals surface area (Å²) in [5.74, 6) is 0.590. The molecule has 0 aliphatic heterocycles. The average molecular weight is 281 g/mol. The Kier molecular flexibility index (Phi) is 4.82. The van der Waals surface area contributed by atoms with Crippen molar-refractivity contribution in [2.24, 2.45) is 5.92 Å². The van der Waals surface area contributed by atoms with Crippen molar-refractivity contribution in [1.82, 2.24) is 0 Å². The van der Waals surface area contributed by atoms with Crippen molar-refractivity contribution in [3.63, 3.8) is 0 Å². The molecule has 1 atom stereocenters. The first kappa shape index (κ1) is 13.1. The zero-order valence-electron chi connectivity index (χ0n) is 9.92. The summed E-state index contributed by atoms with van der Waals surface area (Å²) in [4.78, 5) is 0. The largest absolute Gasteiger partial charge is 0.381 e. The first-order valence-electron chi connectivity index (χ1n) is 5.54. The molecule has 0 aliphatic rings. The Balaban J connectivity index is 2.86. The van der Waals surface area contributed by atoms with Crippen molar-refractivity contribution in [2.45, 2.75) is 33.2 Å². The molecular weight excluding hydrogens is 264 g/mol. The molecule has 0 amide bonds. The SMILES string of the molecule is CCC(Nc1ccc(C#N)cc1Br)C(C)C. The van der Waals surface area contributed by atoms with Crippen LogP contribution in [0.4, 0.5) is 5.69 Å². The first-order chi connectivity index (χ1) is 7.58. The van der Waals surface area contributed by atoms with E-state index in [9.17, 15) is 0 Å². The minimum absolute atomic E-state index is 0.462. The zero-order valence-corrected chi connectivity index (χ0v) is 11.5. The molecule has 0 spiro atoms. The van der Waals surface area contributed by atoms with Crippen LogP contribution in [0.3, 0.4) is 0 Å². The quantitative estimate of drug-likeness (QED) is 0.899. The van der Waals surface area contributed by atoms with E-state index in [2.05, 4.69) is 48.1 Å². The monoisotopic (exact) mass is 280 g/mol. The Hall–Kier alpha value is -1.01. The molecule has 0 aromatic heterocycles. The van der Waals surface area contributed by atoms with Gasteiger partial charge in [-0.25, -0.2) is 0 Å². The lowest BCUT2D eigenvalue weighted by molar-refractivity contribution is 0.511. The number of benzene rings is 1. The number of rotatable bonds is 4. The van der Waals surface area contributed by atoms with Crippen molar-refractivity contribution >= 4 is 21.6 Å². The highest BCUT2D eigenvalue weighted by atomic mass is 79.9. The molecule has 1 N–H and O–H groups in total. The highest BCUT2D eigenvalue weighted by Gasteiger charge is 2.12. The third-order valence-electron chi connectivity index (χ3n) is 2.68. The molecule has 1 aromatic rings. The summed E-state index contributed by atoms with van der Waals surface area (Å²) < 4.78 is 0.950. The van der Waals surface area contributed by atoms with E-state index in [1.54, 1.807) is 0 Å². The number of anilines is 1. The molecule has 0 radical (unpaired) electrons. The third kappa shape index (κ3) is 3.24. The maximum Gasteiger partial charge on any atom is 0.0992 e. The van der Waals surface area contributed by atoms with E-state index >= 15 is 0 Å². The van der Waals surface area contributed by atoms with Gasteiger partial charge < -0.3 is 5.32 Å². The molecule has 3 heteroatoms. The smallest absolute Gasteiger partial charge is 0.0992 e. The molecule has 0 fully saturated rings. The van der Waals surface area contributed by atoms with Gasteiger partial charge in [0.25, 0.3) is 0 Å². The topological polar surface area (TPSA) is 35.8 Å². The summed E-state index contributed by atoms with van der Waals surface area (Å²) in [6, 6.07) is 8.22. The van der Waals surface area contributed by atoms with Crippen molar-refractivity contribution < 1.29 is 0 Å². The maximum atomic E-state index is 8.78. The number of nitrogens with one attached hydrogen (secondary N) is 1. The fraction of sp³-hybridized carbons (Fsp3) is 0.462. The molecule has 0 heterocycles. The lowest BCUT2D eigenvalue weighted by atomic mass is 10.0. The second-order valence-corrected chi connectivity index (χ2v) is 5.06. The van der Waals surface area contributed by atoms with Gasteiger partial charge in [0.15, 0.2) is 0 Å². The van der Waals surface area contributed by atoms with Gasteiger partial charge in [-0.3, -0.25) is 0 Å². The second kappa shape index (κ2) is 5.91. The van der Waals surface area contributed by atoms with Gasteiger partial charge in [-0.2, -0.15) is 5.26 Å². The Bertz CT molecular complexity index is 393. The molecule has 0 aliphatic carbocycles. The minimum Gasteiger partial charge on any atom is -0.381 e. The van der Waals surface area contributed by atoms with Crippen molar-refractivity contribution in [2.75, 3.05) is 5.32 Å². The van der Waals surface area contributed by atoms with Crippen LogP contribution in [0.5, 0.6) is 0 Å². The van der Waals surface area contributed by atoms with Crippen LogP contribution in [0.1, 0.15) is 32.8 Å². The number of halogens is 1. The Morgan fingerprint density at radius 1 is 1.44 bits per heavy atom. The van der Waals surface area contributed by atoms with Crippen molar-refractivity contribution in [3.8, 4) is 6.07 Å². The second-order valence-electron chi connectivity index (χ2n) is 4.21. The summed E-state index contributed by atoms with van der Waals surface area (Å²) in [6.45, 7) is 6.59. The van der Waals surface area contributed by atoms with Gasteiger partial charge in [0.2, 0.25) is 0 Å². The van der Waals surface area contributed by atoms with E-state index in [1.807, 2.05) is 18.2 Å². The zero-order chi connectivity index (χ0) is 12.1. The molecule has 86 valence electrons. The molecule has 0 saturated heterocycles. The molecular formula is C13H17BrN2. The normalized spacial score (nSPS) is 12.2. The summed E-state index contributed by atoms with van der Waals surface area (Å²) in [5, 5.41) is 12.3. The summed E-state index contributed by atoms with van der Waals surface area (Å²) in [7, 11) is 0. The average Bonchev–Trinajstić information content (AvgIpc) is 2.26. The number of nitriles is 1. The molecule has 0 bridgehead atoms. The van der Waals surface area contributed by atoms with E-state index in [0.29, 0.717) is 17.5 Å². The van der Waals surface area contributed by atoms with Crippen LogP contribution in [-0.4, -0.2) is 6.04 Å². The highest BCUT2D eigenvalue weighted by Crippen LogP contribution is 2.25. The first-order valence-corrected chi connectivity index (χ1v) is 6.34. The van der Waals surface area contributed by atoms with E-state index in [1.165, 1.54) is 0 Å². The lowest BCUT2D eigenvalue weighted by Crippen LogP contribution is -2.24. The van der Waals surface area contributed by atoms with E-state index in [0.717, 1.165) is 16.6 Å². The van der Waals surface area contributed by atoms with Crippen molar-refractivity contribution in [1.29, 1.82) is 5.26 Å². The molecule has 0 saturated carbocycles. The van der Waals surface area contributed by atoms with Crippen LogP contribution in [0.15, 0.2) is 22.7 Å². The summed E-state index contributed by atoms with van der Waals surface area (Å²) in [6.07, 6.45) is 1.09. The minimum atomic E-state index is 0.462. The van der Waals surface area contributed by atoms with Crippen LogP contribution >= 0.6 is 15.9 Å². The van der Waals surface area contributed by atoms with E-state index in [4.69, 9.17) is 5.26 Å². The highest BCUT2D eigenvalue weighted by molar-refractivity contribution is 9.10. The fourth-order valence-electron chi connectivity index (χ4n) is 1.64. The Labute approximate surface area is 106 Å². The van der Waals surface area contributed by atoms with Crippen LogP contribution in [0.25, 0.3) is 0 Å². The molecule has 2 nitrogen and oxygen atoms in total. The van der Waals surface area contributed by atoms with Gasteiger partial charge in [0, 0.05) is 16.2 Å². The van der Waals surface area contributed by atoms with Gasteiger partial charge in [-0.15, -0.1) is 0 Å².